The van der Waals surface area contributed by atoms with Crippen molar-refractivity contribution in [2.24, 2.45) is 5.41 Å². The number of ketones is 1. The number of nitrogens with one attached hydrogen (secondary N) is 2. The summed E-state index contributed by atoms with van der Waals surface area (Å²) in [7, 11) is 0. The Morgan fingerprint density at radius 3 is 2.46 bits per heavy atom. The number of aromatic nitrogens is 2. The molecule has 2 heterocycles. The largest absolute Gasteiger partial charge is 0.418 e. The maximum absolute atomic E-state index is 13.2. The minimum absolute atomic E-state index is 0.0427. The van der Waals surface area contributed by atoms with Crippen molar-refractivity contribution in [2.75, 3.05) is 18.5 Å². The Bertz CT molecular complexity index is 1180. The summed E-state index contributed by atoms with van der Waals surface area (Å²) < 4.78 is 45.1. The van der Waals surface area contributed by atoms with Gasteiger partial charge in [0.2, 0.25) is 5.91 Å². The topological polar surface area (TPSA) is 93.2 Å². The summed E-state index contributed by atoms with van der Waals surface area (Å²) >= 11 is 0. The number of ether oxygens (including phenoxy) is 1. The number of alkyl halides is 3. The number of hydrogen-bond donors (Lipinski definition) is 2. The summed E-state index contributed by atoms with van der Waals surface area (Å²) in [5.74, 6) is -0.582. The molecule has 1 aromatic heterocycles. The molecule has 4 rings (SSSR count). The monoisotopic (exact) mass is 484 g/mol. The Morgan fingerprint density at radius 2 is 1.80 bits per heavy atom. The molecule has 0 aliphatic carbocycles. The number of carbonyl (C=O) groups excluding carboxylic acids is 2. The first-order chi connectivity index (χ1) is 16.8. The van der Waals surface area contributed by atoms with Gasteiger partial charge in [0, 0.05) is 31.5 Å². The fourth-order valence-corrected chi connectivity index (χ4v) is 3.92. The molecule has 0 unspecified atom stereocenters. The zero-order valence-electron chi connectivity index (χ0n) is 18.6. The molecule has 0 bridgehead atoms. The number of hydrogen-bond acceptors (Lipinski definition) is 6. The second kappa shape index (κ2) is 10.2. The van der Waals surface area contributed by atoms with Gasteiger partial charge in [0.25, 0.3) is 0 Å². The van der Waals surface area contributed by atoms with Gasteiger partial charge < -0.3 is 15.4 Å². The van der Waals surface area contributed by atoms with E-state index in [4.69, 9.17) is 4.74 Å². The third-order valence-corrected chi connectivity index (χ3v) is 5.86. The second-order valence-corrected chi connectivity index (χ2v) is 8.34. The van der Waals surface area contributed by atoms with Crippen LogP contribution in [0.15, 0.2) is 66.9 Å². The van der Waals surface area contributed by atoms with Crippen molar-refractivity contribution < 1.29 is 27.5 Å². The summed E-state index contributed by atoms with van der Waals surface area (Å²) in [6.45, 7) is 0.701. The van der Waals surface area contributed by atoms with Crippen LogP contribution in [0.3, 0.4) is 0 Å². The zero-order chi connectivity index (χ0) is 24.9. The number of nitrogens with zero attached hydrogens (tertiary/aromatic N) is 2. The van der Waals surface area contributed by atoms with Crippen molar-refractivity contribution in [1.82, 2.24) is 15.5 Å². The predicted octanol–water partition coefficient (Wildman–Crippen LogP) is 4.53. The number of amides is 1. The lowest BCUT2D eigenvalue weighted by Gasteiger charge is -2.25. The summed E-state index contributed by atoms with van der Waals surface area (Å²) in [4.78, 5) is 25.7. The highest BCUT2D eigenvalue weighted by molar-refractivity contribution is 5.98. The highest BCUT2D eigenvalue weighted by atomic mass is 19.4. The van der Waals surface area contributed by atoms with Gasteiger partial charge in [-0.05, 0) is 48.4 Å². The van der Waals surface area contributed by atoms with E-state index in [1.807, 2.05) is 0 Å². The number of Topliss-reactive ketones (excluding diaryl/α,β-unsaturated/α-hetero) is 1. The van der Waals surface area contributed by atoms with E-state index in [0.717, 1.165) is 11.6 Å². The summed E-state index contributed by atoms with van der Waals surface area (Å²) in [5.41, 5.74) is -0.359. The lowest BCUT2D eigenvalue weighted by molar-refractivity contribution is -0.137. The Balaban J connectivity index is 1.38. The molecule has 182 valence electrons. The smallest absolute Gasteiger partial charge is 0.380 e. The molecule has 2 N–H and O–H groups in total. The molecule has 1 aliphatic rings. The van der Waals surface area contributed by atoms with Gasteiger partial charge in [-0.15, -0.1) is 5.10 Å². The lowest BCUT2D eigenvalue weighted by Crippen LogP contribution is -2.42. The Kier molecular flexibility index (Phi) is 7.11. The molecular formula is C25H23F3N4O3. The van der Waals surface area contributed by atoms with E-state index < -0.39 is 17.2 Å². The fourth-order valence-electron chi connectivity index (χ4n) is 3.92. The van der Waals surface area contributed by atoms with Crippen molar-refractivity contribution in [1.29, 1.82) is 0 Å². The maximum atomic E-state index is 13.2. The van der Waals surface area contributed by atoms with Crippen LogP contribution in [0.1, 0.15) is 34.5 Å². The molecule has 2 aromatic carbocycles. The molecule has 0 spiro atoms. The van der Waals surface area contributed by atoms with Crippen molar-refractivity contribution in [3.05, 3.63) is 83.7 Å². The quantitative estimate of drug-likeness (QED) is 0.456. The molecule has 10 heteroatoms. The predicted molar refractivity (Wildman–Crippen MR) is 122 cm³/mol. The average Bonchev–Trinajstić information content (AvgIpc) is 3.33. The lowest BCUT2D eigenvalue weighted by atomic mass is 9.80. The van der Waals surface area contributed by atoms with Crippen LogP contribution >= 0.6 is 0 Å². The van der Waals surface area contributed by atoms with Crippen molar-refractivity contribution in [3.8, 4) is 0 Å². The van der Waals surface area contributed by atoms with E-state index in [0.29, 0.717) is 18.7 Å². The van der Waals surface area contributed by atoms with Crippen LogP contribution < -0.4 is 10.6 Å². The first-order valence-electron chi connectivity index (χ1n) is 11.0. The third kappa shape index (κ3) is 5.83. The molecule has 1 saturated heterocycles. The van der Waals surface area contributed by atoms with Crippen molar-refractivity contribution >= 4 is 23.1 Å². The van der Waals surface area contributed by atoms with Crippen molar-refractivity contribution in [2.45, 2.75) is 25.6 Å². The standard InChI is InChI=1S/C25H23F3N4O3/c26-25(27,28)19-4-1-2-5-20(19)31-18-9-7-17(8-10-18)15-29-23(34)24(11-13-35-16-24)14-22(33)21-6-3-12-30-32-21/h1-10,12,31H,11,13-16H2,(H,29,34)/t24-/m0/s1. The SMILES string of the molecule is O=C(C[C@@]1(C(=O)NCc2ccc(Nc3ccccc3C(F)(F)F)cc2)CCOC1)c1cccnn1. The van der Waals surface area contributed by atoms with Gasteiger partial charge in [-0.2, -0.15) is 18.3 Å². The summed E-state index contributed by atoms with van der Waals surface area (Å²) in [5, 5.41) is 13.2. The van der Waals surface area contributed by atoms with Gasteiger partial charge in [-0.3, -0.25) is 9.59 Å². The van der Waals surface area contributed by atoms with E-state index in [9.17, 15) is 22.8 Å². The van der Waals surface area contributed by atoms with Crippen LogP contribution in [0.4, 0.5) is 24.5 Å². The summed E-state index contributed by atoms with van der Waals surface area (Å²) in [6, 6.07) is 15.1. The molecule has 1 aliphatic heterocycles. The number of benzene rings is 2. The van der Waals surface area contributed by atoms with Crippen LogP contribution in [0.5, 0.6) is 0 Å². The molecule has 7 nitrogen and oxygen atoms in total. The second-order valence-electron chi connectivity index (χ2n) is 8.34. The highest BCUT2D eigenvalue weighted by Gasteiger charge is 2.44. The molecule has 3 aromatic rings. The van der Waals surface area contributed by atoms with Gasteiger partial charge >= 0.3 is 6.18 Å². The fraction of sp³-hybridized carbons (Fsp3) is 0.280. The highest BCUT2D eigenvalue weighted by Crippen LogP contribution is 2.36. The summed E-state index contributed by atoms with van der Waals surface area (Å²) in [6.07, 6.45) is -2.64. The van der Waals surface area contributed by atoms with E-state index in [-0.39, 0.29) is 42.6 Å². The van der Waals surface area contributed by atoms with Gasteiger partial charge in [0.05, 0.1) is 23.3 Å². The Morgan fingerprint density at radius 1 is 1.03 bits per heavy atom. The molecular weight excluding hydrogens is 461 g/mol. The van der Waals surface area contributed by atoms with Crippen LogP contribution in [0.25, 0.3) is 0 Å². The molecule has 0 radical (unpaired) electrons. The number of anilines is 2. The van der Waals surface area contributed by atoms with Gasteiger partial charge in [-0.25, -0.2) is 0 Å². The normalized spacial score (nSPS) is 17.7. The number of rotatable bonds is 8. The zero-order valence-corrected chi connectivity index (χ0v) is 18.6. The first-order valence-corrected chi connectivity index (χ1v) is 11.0. The van der Waals surface area contributed by atoms with Crippen LogP contribution in [-0.4, -0.2) is 35.1 Å². The maximum Gasteiger partial charge on any atom is 0.418 e. The number of carbonyl (C=O) groups is 2. The third-order valence-electron chi connectivity index (χ3n) is 5.86. The van der Waals surface area contributed by atoms with E-state index in [1.54, 1.807) is 36.4 Å². The molecule has 1 fully saturated rings. The Labute approximate surface area is 199 Å². The average molecular weight is 484 g/mol. The van der Waals surface area contributed by atoms with Gasteiger partial charge in [0.1, 0.15) is 5.69 Å². The number of para-hydroxylation sites is 1. The van der Waals surface area contributed by atoms with E-state index >= 15 is 0 Å². The number of halogens is 3. The van der Waals surface area contributed by atoms with Crippen LogP contribution in [0, 0.1) is 5.41 Å². The van der Waals surface area contributed by atoms with E-state index in [1.165, 1.54) is 24.4 Å². The van der Waals surface area contributed by atoms with Crippen LogP contribution in [0.2, 0.25) is 0 Å². The molecule has 1 amide bonds. The van der Waals surface area contributed by atoms with Crippen LogP contribution in [-0.2, 0) is 22.3 Å². The van der Waals surface area contributed by atoms with Gasteiger partial charge in [0.15, 0.2) is 5.78 Å². The molecule has 35 heavy (non-hydrogen) atoms. The Hall–Kier alpha value is -3.79. The minimum atomic E-state index is -4.47. The minimum Gasteiger partial charge on any atom is -0.380 e. The first kappa shape index (κ1) is 24.3. The molecule has 0 saturated carbocycles. The van der Waals surface area contributed by atoms with Gasteiger partial charge in [-0.1, -0.05) is 24.3 Å². The van der Waals surface area contributed by atoms with E-state index in [2.05, 4.69) is 20.8 Å². The van der Waals surface area contributed by atoms with Crippen molar-refractivity contribution in [3.63, 3.8) is 0 Å². The molecule has 1 atom stereocenters.